The molecule has 3 rings (SSSR count). The van der Waals surface area contributed by atoms with Crippen molar-refractivity contribution in [1.82, 2.24) is 0 Å². The molecule has 1 radical (unpaired) electrons. The predicted molar refractivity (Wildman–Crippen MR) is 172 cm³/mol. The normalized spacial score (nSPS) is 18.0. The maximum absolute atomic E-state index is 11.2. The molecule has 2 atom stereocenters. The van der Waals surface area contributed by atoms with Crippen LogP contribution in [0.4, 0.5) is 0 Å². The summed E-state index contributed by atoms with van der Waals surface area (Å²) in [5, 5.41) is 29.5. The topological polar surface area (TPSA) is 102 Å². The maximum Gasteiger partial charge on any atom is 0.300 e. The number of phenolic OH excluding ortho intramolecular Hbond substituents is 2. The summed E-state index contributed by atoms with van der Waals surface area (Å²) in [7, 11) is 0. The first-order chi connectivity index (χ1) is 18.7. The summed E-state index contributed by atoms with van der Waals surface area (Å²) in [6.45, 7) is 22.5. The second kappa shape index (κ2) is 14.7. The van der Waals surface area contributed by atoms with Crippen LogP contribution < -0.4 is 0 Å². The van der Waals surface area contributed by atoms with Gasteiger partial charge in [-0.15, -0.1) is 0 Å². The van der Waals surface area contributed by atoms with Gasteiger partial charge in [0.1, 0.15) is 11.5 Å². The molecule has 235 valence electrons. The number of benzene rings is 2. The van der Waals surface area contributed by atoms with Gasteiger partial charge in [0.25, 0.3) is 5.97 Å². The molecule has 6 nitrogen and oxygen atoms in total. The minimum absolute atomic E-state index is 0. The van der Waals surface area contributed by atoms with E-state index in [4.69, 9.17) is 19.9 Å². The van der Waals surface area contributed by atoms with Gasteiger partial charge in [-0.1, -0.05) is 87.3 Å². The number of rotatable bonds is 4. The van der Waals surface area contributed by atoms with Crippen LogP contribution in [0.2, 0.25) is 0 Å². The molecule has 42 heavy (non-hydrogen) atoms. The first-order valence-corrected chi connectivity index (χ1v) is 14.7. The molecular weight excluding hydrogens is 571 g/mol. The van der Waals surface area contributed by atoms with Gasteiger partial charge in [0.15, 0.2) is 0 Å². The fraction of sp³-hybridized carbons (Fsp3) is 0.571. The molecule has 1 saturated carbocycles. The van der Waals surface area contributed by atoms with E-state index in [9.17, 15) is 10.2 Å². The quantitative estimate of drug-likeness (QED) is 0.299. The number of phenols is 2. The zero-order valence-corrected chi connectivity index (χ0v) is 28.5. The van der Waals surface area contributed by atoms with Crippen molar-refractivity contribution in [3.63, 3.8) is 0 Å². The average Bonchev–Trinajstić information content (AvgIpc) is 2.81. The van der Waals surface area contributed by atoms with Gasteiger partial charge >= 0.3 is 0 Å². The van der Waals surface area contributed by atoms with Crippen molar-refractivity contribution < 1.29 is 36.9 Å². The summed E-state index contributed by atoms with van der Waals surface area (Å²) in [6, 6.07) is 8.38. The number of nitrogens with zero attached hydrogens (tertiary/aromatic N) is 2. The summed E-state index contributed by atoms with van der Waals surface area (Å²) in [5.41, 5.74) is 5.39. The van der Waals surface area contributed by atoms with Crippen LogP contribution in [-0.4, -0.2) is 45.8 Å². The molecule has 2 aromatic rings. The molecule has 0 spiro atoms. The molecule has 7 heteroatoms. The van der Waals surface area contributed by atoms with Crippen LogP contribution in [0.15, 0.2) is 34.3 Å². The number of aliphatic carboxylic acids is 1. The Labute approximate surface area is 264 Å². The molecule has 0 heterocycles. The number of carboxylic acids is 1. The summed E-state index contributed by atoms with van der Waals surface area (Å²) < 4.78 is 0. The van der Waals surface area contributed by atoms with Gasteiger partial charge in [0.05, 0.1) is 12.1 Å². The summed E-state index contributed by atoms with van der Waals surface area (Å²) >= 11 is 0. The Morgan fingerprint density at radius 2 is 1.12 bits per heavy atom. The zero-order valence-electron chi connectivity index (χ0n) is 27.4. The summed E-state index contributed by atoms with van der Waals surface area (Å²) in [4.78, 5) is 18.9. The van der Waals surface area contributed by atoms with Gasteiger partial charge in [-0.05, 0) is 59.3 Å². The molecule has 0 aliphatic heterocycles. The number of hydrogen-bond acceptors (Lipinski definition) is 5. The average molecular weight is 624 g/mol. The van der Waals surface area contributed by atoms with Gasteiger partial charge in [-0.2, -0.15) is 0 Å². The van der Waals surface area contributed by atoms with Gasteiger partial charge < -0.3 is 15.3 Å². The van der Waals surface area contributed by atoms with E-state index in [0.29, 0.717) is 11.5 Å². The summed E-state index contributed by atoms with van der Waals surface area (Å²) in [6.07, 6.45) is 7.89. The van der Waals surface area contributed by atoms with Crippen molar-refractivity contribution in [3.05, 3.63) is 57.6 Å². The second-order valence-corrected chi connectivity index (χ2v) is 14.5. The molecule has 2 unspecified atom stereocenters. The molecule has 2 aromatic carbocycles. The number of carbonyl (C=O) groups is 1. The molecular formula is C35H52CoN2O4. The van der Waals surface area contributed by atoms with E-state index in [-0.39, 0.29) is 45.1 Å². The van der Waals surface area contributed by atoms with Crippen LogP contribution in [0.1, 0.15) is 128 Å². The summed E-state index contributed by atoms with van der Waals surface area (Å²) in [5.74, 6) is -0.198. The van der Waals surface area contributed by atoms with Crippen LogP contribution in [0.25, 0.3) is 0 Å². The van der Waals surface area contributed by atoms with Crippen molar-refractivity contribution >= 4 is 18.4 Å². The minimum Gasteiger partial charge on any atom is -0.507 e. The third kappa shape index (κ3) is 10.6. The molecule has 0 saturated heterocycles. The number of carboxylic acid groups (broad SMARTS) is 1. The molecule has 3 N–H and O–H groups in total. The van der Waals surface area contributed by atoms with Crippen LogP contribution in [0.5, 0.6) is 11.5 Å². The number of hydrogen-bond donors (Lipinski definition) is 3. The van der Waals surface area contributed by atoms with E-state index in [1.165, 1.54) is 5.56 Å². The van der Waals surface area contributed by atoms with Crippen molar-refractivity contribution in [2.75, 3.05) is 0 Å². The van der Waals surface area contributed by atoms with Gasteiger partial charge in [-0.25, -0.2) is 0 Å². The van der Waals surface area contributed by atoms with Gasteiger partial charge in [0.2, 0.25) is 0 Å². The Morgan fingerprint density at radius 3 is 1.50 bits per heavy atom. The molecule has 0 amide bonds. The van der Waals surface area contributed by atoms with Crippen molar-refractivity contribution in [1.29, 1.82) is 0 Å². The van der Waals surface area contributed by atoms with E-state index < -0.39 is 5.97 Å². The van der Waals surface area contributed by atoms with Crippen LogP contribution >= 0.6 is 0 Å². The fourth-order valence-electron chi connectivity index (χ4n) is 5.03. The Balaban J connectivity index is 0.00000165. The van der Waals surface area contributed by atoms with Gasteiger partial charge in [0, 0.05) is 58.4 Å². The molecule has 0 aromatic heterocycles. The largest absolute Gasteiger partial charge is 0.507 e. The molecule has 1 fully saturated rings. The predicted octanol–water partition coefficient (Wildman–Crippen LogP) is 8.24. The Hall–Kier alpha value is -2.64. The molecule has 1 aliphatic rings. The Kier molecular flexibility index (Phi) is 13.1. The monoisotopic (exact) mass is 623 g/mol. The third-order valence-corrected chi connectivity index (χ3v) is 7.41. The number of aryl methyl sites for hydroxylation is 1. The SMILES string of the molecule is CC(=O)O.Cc1cc(C=NC2CCCCC2N=Cc2cc(C(C)(C)C)cc(C(C)(C)C)c2O)c(O)c(C(C)(C)C)c1.[Co]. The van der Waals surface area contributed by atoms with E-state index in [2.05, 4.69) is 87.4 Å². The Morgan fingerprint density at radius 1 is 0.738 bits per heavy atom. The van der Waals surface area contributed by atoms with E-state index >= 15 is 0 Å². The standard InChI is InChI=1S/C33H48N2O2.C2H4O2.Co/c1-21-15-22(29(36)25(16-21)32(5,6)7)19-34-27-13-11-12-14-28(27)35-20-23-17-24(31(2,3)4)18-26(30(23)37)33(8,9)10;1-2(3)4;/h15-20,27-28,36-37H,11-14H2,1-10H3;1H3,(H,3,4);. The van der Waals surface area contributed by atoms with Crippen molar-refractivity contribution in [2.24, 2.45) is 9.98 Å². The van der Waals surface area contributed by atoms with Crippen molar-refractivity contribution in [2.45, 2.75) is 130 Å². The van der Waals surface area contributed by atoms with Crippen LogP contribution in [0.3, 0.4) is 0 Å². The fourth-order valence-corrected chi connectivity index (χ4v) is 5.03. The number of aliphatic imine (C=N–C) groups is 2. The molecule has 0 bridgehead atoms. The maximum atomic E-state index is 11.2. The van der Waals surface area contributed by atoms with Crippen molar-refractivity contribution in [3.8, 4) is 11.5 Å². The first kappa shape index (κ1) is 37.4. The van der Waals surface area contributed by atoms with E-state index in [1.54, 1.807) is 0 Å². The van der Waals surface area contributed by atoms with E-state index in [0.717, 1.165) is 60.4 Å². The van der Waals surface area contributed by atoms with E-state index in [1.807, 2.05) is 18.5 Å². The van der Waals surface area contributed by atoms with Crippen LogP contribution in [0, 0.1) is 6.92 Å². The third-order valence-electron chi connectivity index (χ3n) is 7.41. The van der Waals surface area contributed by atoms with Crippen LogP contribution in [-0.2, 0) is 37.8 Å². The van der Waals surface area contributed by atoms with Gasteiger partial charge in [-0.3, -0.25) is 14.8 Å². The first-order valence-electron chi connectivity index (χ1n) is 14.7. The zero-order chi connectivity index (χ0) is 31.3. The Bertz CT molecular complexity index is 1270. The second-order valence-electron chi connectivity index (χ2n) is 14.5. The smallest absolute Gasteiger partial charge is 0.300 e. The minimum atomic E-state index is -0.833. The number of aromatic hydroxyl groups is 2. The molecule has 1 aliphatic carbocycles.